The molecule has 8 heteroatoms. The summed E-state index contributed by atoms with van der Waals surface area (Å²) in [5, 5.41) is 4.69. The van der Waals surface area contributed by atoms with Gasteiger partial charge in [0.15, 0.2) is 5.75 Å². The first-order valence-corrected chi connectivity index (χ1v) is 10.9. The number of amides is 1. The van der Waals surface area contributed by atoms with Crippen molar-refractivity contribution in [1.29, 1.82) is 0 Å². The predicted molar refractivity (Wildman–Crippen MR) is 109 cm³/mol. The van der Waals surface area contributed by atoms with E-state index in [1.807, 2.05) is 36.6 Å². The third-order valence-electron chi connectivity index (χ3n) is 4.47. The van der Waals surface area contributed by atoms with Gasteiger partial charge in [-0.15, -0.1) is 11.3 Å². The Balaban J connectivity index is 1.68. The third-order valence-corrected chi connectivity index (χ3v) is 7.13. The number of hydrogen-bond donors (Lipinski definition) is 1. The number of anilines is 1. The van der Waals surface area contributed by atoms with Gasteiger partial charge in [0.25, 0.3) is 5.91 Å². The number of thiophene rings is 1. The maximum absolute atomic E-state index is 13.0. The van der Waals surface area contributed by atoms with Gasteiger partial charge in [-0.25, -0.2) is 8.42 Å². The van der Waals surface area contributed by atoms with E-state index in [1.54, 1.807) is 6.07 Å². The quantitative estimate of drug-likeness (QED) is 0.693. The largest absolute Gasteiger partial charge is 0.454 e. The topological polar surface area (TPSA) is 75.7 Å². The van der Waals surface area contributed by atoms with E-state index in [1.165, 1.54) is 40.9 Å². The van der Waals surface area contributed by atoms with Gasteiger partial charge in [-0.3, -0.25) is 4.79 Å². The van der Waals surface area contributed by atoms with E-state index in [0.717, 1.165) is 10.4 Å². The van der Waals surface area contributed by atoms with Gasteiger partial charge >= 0.3 is 0 Å². The second-order valence-corrected chi connectivity index (χ2v) is 9.63. The fourth-order valence-electron chi connectivity index (χ4n) is 2.96. The molecule has 0 saturated carbocycles. The monoisotopic (exact) mass is 414 g/mol. The first kappa shape index (κ1) is 18.7. The van der Waals surface area contributed by atoms with Crippen molar-refractivity contribution in [1.82, 2.24) is 4.31 Å². The number of rotatable bonds is 4. The van der Waals surface area contributed by atoms with Crippen LogP contribution in [0, 0.1) is 6.92 Å². The molecule has 1 N–H and O–H groups in total. The first-order chi connectivity index (χ1) is 13.3. The molecule has 6 nitrogen and oxygen atoms in total. The zero-order chi connectivity index (χ0) is 19.9. The molecule has 28 heavy (non-hydrogen) atoms. The maximum Gasteiger partial charge on any atom is 0.259 e. The van der Waals surface area contributed by atoms with Crippen molar-refractivity contribution in [2.24, 2.45) is 0 Å². The molecule has 1 amide bonds. The predicted octanol–water partition coefficient (Wildman–Crippen LogP) is 4.24. The van der Waals surface area contributed by atoms with Gasteiger partial charge in [0, 0.05) is 18.5 Å². The highest BCUT2D eigenvalue weighted by Crippen LogP contribution is 2.37. The van der Waals surface area contributed by atoms with E-state index in [9.17, 15) is 13.2 Å². The Morgan fingerprint density at radius 1 is 1.11 bits per heavy atom. The standard InChI is InChI=1S/C20H18N2O4S2/c1-13-5-7-19-17(10-13)21-20(23)16-11-15(6-8-18(16)26-19)28(24,25)22(2)12-14-4-3-9-27-14/h3-11H,12H2,1-2H3,(H,21,23). The van der Waals surface area contributed by atoms with E-state index >= 15 is 0 Å². The summed E-state index contributed by atoms with van der Waals surface area (Å²) in [6, 6.07) is 13.6. The molecular formula is C20H18N2O4S2. The molecule has 0 fully saturated rings. The Labute approximate surface area is 167 Å². The summed E-state index contributed by atoms with van der Waals surface area (Å²) in [5.74, 6) is 0.431. The van der Waals surface area contributed by atoms with Crippen molar-refractivity contribution in [2.75, 3.05) is 12.4 Å². The minimum Gasteiger partial charge on any atom is -0.454 e. The molecule has 2 aromatic carbocycles. The summed E-state index contributed by atoms with van der Waals surface area (Å²) in [7, 11) is -2.23. The van der Waals surface area contributed by atoms with Crippen molar-refractivity contribution >= 4 is 33.0 Å². The molecule has 0 atom stereocenters. The van der Waals surface area contributed by atoms with Gasteiger partial charge in [-0.05, 0) is 54.3 Å². The molecule has 0 spiro atoms. The lowest BCUT2D eigenvalue weighted by Gasteiger charge is -2.17. The molecule has 0 aliphatic carbocycles. The summed E-state index contributed by atoms with van der Waals surface area (Å²) in [6.07, 6.45) is 0. The number of fused-ring (bicyclic) bond motifs is 2. The Bertz CT molecular complexity index is 1150. The van der Waals surface area contributed by atoms with E-state index in [2.05, 4.69) is 5.32 Å². The van der Waals surface area contributed by atoms with Gasteiger partial charge in [0.1, 0.15) is 5.75 Å². The Kier molecular flexibility index (Phi) is 4.70. The zero-order valence-electron chi connectivity index (χ0n) is 15.3. The van der Waals surface area contributed by atoms with Gasteiger partial charge in [0.2, 0.25) is 10.0 Å². The summed E-state index contributed by atoms with van der Waals surface area (Å²) >= 11 is 1.49. The van der Waals surface area contributed by atoms with Crippen LogP contribution >= 0.6 is 11.3 Å². The highest BCUT2D eigenvalue weighted by molar-refractivity contribution is 7.89. The van der Waals surface area contributed by atoms with Crippen LogP contribution in [0.1, 0.15) is 20.8 Å². The number of benzene rings is 2. The van der Waals surface area contributed by atoms with E-state index < -0.39 is 15.9 Å². The minimum absolute atomic E-state index is 0.0474. The lowest BCUT2D eigenvalue weighted by Crippen LogP contribution is -2.26. The summed E-state index contributed by atoms with van der Waals surface area (Å²) in [6.45, 7) is 2.18. The third kappa shape index (κ3) is 3.42. The van der Waals surface area contributed by atoms with Crippen LogP contribution in [0.5, 0.6) is 11.5 Å². The van der Waals surface area contributed by atoms with Crippen molar-refractivity contribution < 1.29 is 17.9 Å². The van der Waals surface area contributed by atoms with Crippen molar-refractivity contribution in [2.45, 2.75) is 18.4 Å². The number of sulfonamides is 1. The molecule has 0 bridgehead atoms. The highest BCUT2D eigenvalue weighted by atomic mass is 32.2. The van der Waals surface area contributed by atoms with Crippen molar-refractivity contribution in [3.05, 3.63) is 69.9 Å². The molecule has 1 aromatic heterocycles. The van der Waals surface area contributed by atoms with Crippen LogP contribution in [-0.2, 0) is 16.6 Å². The second-order valence-electron chi connectivity index (χ2n) is 6.55. The van der Waals surface area contributed by atoms with Crippen molar-refractivity contribution in [3.8, 4) is 11.5 Å². The zero-order valence-corrected chi connectivity index (χ0v) is 16.9. The van der Waals surface area contributed by atoms with Crippen LogP contribution in [-0.4, -0.2) is 25.7 Å². The molecule has 0 unspecified atom stereocenters. The Hall–Kier alpha value is -2.68. The van der Waals surface area contributed by atoms with E-state index in [0.29, 0.717) is 17.2 Å². The van der Waals surface area contributed by atoms with Gasteiger partial charge in [0.05, 0.1) is 16.1 Å². The lowest BCUT2D eigenvalue weighted by molar-refractivity contribution is 0.102. The smallest absolute Gasteiger partial charge is 0.259 e. The number of nitrogens with one attached hydrogen (secondary N) is 1. The van der Waals surface area contributed by atoms with E-state index in [4.69, 9.17) is 4.74 Å². The SMILES string of the molecule is Cc1ccc2c(c1)NC(=O)c1cc(S(=O)(=O)N(C)Cc3cccs3)ccc1O2. The molecule has 4 rings (SSSR count). The number of nitrogens with zero attached hydrogens (tertiary/aromatic N) is 1. The van der Waals surface area contributed by atoms with Crippen LogP contribution in [0.15, 0.2) is 58.8 Å². The lowest BCUT2D eigenvalue weighted by atomic mass is 10.2. The summed E-state index contributed by atoms with van der Waals surface area (Å²) in [4.78, 5) is 13.7. The normalized spacial score (nSPS) is 13.3. The van der Waals surface area contributed by atoms with Crippen LogP contribution in [0.3, 0.4) is 0 Å². The van der Waals surface area contributed by atoms with Crippen molar-refractivity contribution in [3.63, 3.8) is 0 Å². The first-order valence-electron chi connectivity index (χ1n) is 8.57. The fourth-order valence-corrected chi connectivity index (χ4v) is 4.98. The molecule has 1 aliphatic rings. The number of carbonyl (C=O) groups is 1. The Morgan fingerprint density at radius 2 is 1.89 bits per heavy atom. The molecule has 0 saturated heterocycles. The fraction of sp³-hybridized carbons (Fsp3) is 0.150. The number of carbonyl (C=O) groups excluding carboxylic acids is 1. The van der Waals surface area contributed by atoms with Crippen LogP contribution < -0.4 is 10.1 Å². The van der Waals surface area contributed by atoms with Gasteiger partial charge < -0.3 is 10.1 Å². The van der Waals surface area contributed by atoms with Crippen LogP contribution in [0.2, 0.25) is 0 Å². The molecule has 2 heterocycles. The maximum atomic E-state index is 13.0. The molecular weight excluding hydrogens is 396 g/mol. The number of hydrogen-bond acceptors (Lipinski definition) is 5. The van der Waals surface area contributed by atoms with Gasteiger partial charge in [-0.2, -0.15) is 4.31 Å². The summed E-state index contributed by atoms with van der Waals surface area (Å²) < 4.78 is 33.0. The molecule has 144 valence electrons. The molecule has 1 aliphatic heterocycles. The Morgan fingerprint density at radius 3 is 2.64 bits per heavy atom. The number of ether oxygens (including phenoxy) is 1. The molecule has 0 radical (unpaired) electrons. The van der Waals surface area contributed by atoms with E-state index in [-0.39, 0.29) is 17.0 Å². The summed E-state index contributed by atoms with van der Waals surface area (Å²) in [5.41, 5.74) is 1.71. The highest BCUT2D eigenvalue weighted by Gasteiger charge is 2.26. The average Bonchev–Trinajstić information content (AvgIpc) is 3.12. The average molecular weight is 415 g/mol. The van der Waals surface area contributed by atoms with Gasteiger partial charge in [-0.1, -0.05) is 12.1 Å². The minimum atomic E-state index is -3.75. The van der Waals surface area contributed by atoms with Crippen LogP contribution in [0.4, 0.5) is 5.69 Å². The van der Waals surface area contributed by atoms with Crippen LogP contribution in [0.25, 0.3) is 0 Å². The number of aryl methyl sites for hydroxylation is 1. The second kappa shape index (κ2) is 7.05. The molecule has 3 aromatic rings.